The first-order valence-corrected chi connectivity index (χ1v) is 6.12. The van der Waals surface area contributed by atoms with Gasteiger partial charge in [0.1, 0.15) is 0 Å². The molecule has 1 aromatic rings. The van der Waals surface area contributed by atoms with E-state index in [1.807, 2.05) is 6.92 Å². The van der Waals surface area contributed by atoms with Crippen LogP contribution in [0.3, 0.4) is 0 Å². The van der Waals surface area contributed by atoms with E-state index in [1.165, 1.54) is 12.1 Å². The highest BCUT2D eigenvalue weighted by atomic mass is 32.2. The SMILES string of the molecule is CNCC(=O)O.Cc1ccc(S(=O)(=O)O)cc1. The lowest BCUT2D eigenvalue weighted by Crippen LogP contribution is -2.16. The highest BCUT2D eigenvalue weighted by Gasteiger charge is 2.06. The Hall–Kier alpha value is -1.44. The summed E-state index contributed by atoms with van der Waals surface area (Å²) in [6.07, 6.45) is 0. The fraction of sp³-hybridized carbons (Fsp3) is 0.300. The number of nitrogens with one attached hydrogen (secondary N) is 1. The predicted octanol–water partition coefficient (Wildman–Crippen LogP) is 0.532. The molecule has 96 valence electrons. The van der Waals surface area contributed by atoms with Crippen molar-refractivity contribution in [2.45, 2.75) is 11.8 Å². The first-order valence-electron chi connectivity index (χ1n) is 4.68. The second-order valence-corrected chi connectivity index (χ2v) is 4.63. The molecule has 0 radical (unpaired) electrons. The third-order valence-electron chi connectivity index (χ3n) is 1.65. The zero-order chi connectivity index (χ0) is 13.5. The van der Waals surface area contributed by atoms with E-state index in [-0.39, 0.29) is 11.4 Å². The van der Waals surface area contributed by atoms with Crippen LogP contribution in [-0.4, -0.2) is 37.6 Å². The number of aryl methyl sites for hydroxylation is 1. The molecule has 0 heterocycles. The number of carboxylic acid groups (broad SMARTS) is 1. The van der Waals surface area contributed by atoms with E-state index < -0.39 is 16.1 Å². The van der Waals surface area contributed by atoms with Gasteiger partial charge >= 0.3 is 5.97 Å². The molecule has 1 rings (SSSR count). The number of aliphatic carboxylic acids is 1. The standard InChI is InChI=1S/C7H8O3S.C3H7NO2/c1-6-2-4-7(5-3-6)11(8,9)10;1-4-2-3(5)6/h2-5H,1H3,(H,8,9,10);4H,2H2,1H3,(H,5,6). The molecule has 3 N–H and O–H groups in total. The molecular weight excluding hydrogens is 246 g/mol. The van der Waals surface area contributed by atoms with Gasteiger partial charge in [-0.25, -0.2) is 0 Å². The summed E-state index contributed by atoms with van der Waals surface area (Å²) in [6, 6.07) is 5.99. The zero-order valence-electron chi connectivity index (χ0n) is 9.54. The first kappa shape index (κ1) is 15.6. The fourth-order valence-electron chi connectivity index (χ4n) is 0.861. The third kappa shape index (κ3) is 7.45. The molecule has 0 aliphatic rings. The van der Waals surface area contributed by atoms with Gasteiger partial charge in [0.2, 0.25) is 0 Å². The van der Waals surface area contributed by atoms with E-state index in [0.717, 1.165) is 5.56 Å². The minimum atomic E-state index is -4.02. The fourth-order valence-corrected chi connectivity index (χ4v) is 1.34. The van der Waals surface area contributed by atoms with Crippen LogP contribution in [0.25, 0.3) is 0 Å². The van der Waals surface area contributed by atoms with E-state index >= 15 is 0 Å². The second kappa shape index (κ2) is 7.00. The number of carboxylic acids is 1. The summed E-state index contributed by atoms with van der Waals surface area (Å²) in [6.45, 7) is 1.88. The van der Waals surface area contributed by atoms with Crippen LogP contribution in [0.1, 0.15) is 5.56 Å². The van der Waals surface area contributed by atoms with Crippen molar-refractivity contribution >= 4 is 16.1 Å². The monoisotopic (exact) mass is 261 g/mol. The number of carbonyl (C=O) groups is 1. The van der Waals surface area contributed by atoms with Crippen LogP contribution in [0.4, 0.5) is 0 Å². The molecule has 0 bridgehead atoms. The molecule has 0 saturated heterocycles. The average molecular weight is 261 g/mol. The molecule has 0 aliphatic carbocycles. The maximum absolute atomic E-state index is 10.5. The summed E-state index contributed by atoms with van der Waals surface area (Å²) in [4.78, 5) is 9.47. The van der Waals surface area contributed by atoms with Gasteiger partial charge in [0.05, 0.1) is 11.4 Å². The molecule has 0 spiro atoms. The average Bonchev–Trinajstić information content (AvgIpc) is 2.17. The van der Waals surface area contributed by atoms with Gasteiger partial charge in [-0.2, -0.15) is 8.42 Å². The number of hydrogen-bond donors (Lipinski definition) is 3. The Morgan fingerprint density at radius 1 is 1.29 bits per heavy atom. The molecule has 0 aromatic heterocycles. The van der Waals surface area contributed by atoms with Gasteiger partial charge in [-0.15, -0.1) is 0 Å². The van der Waals surface area contributed by atoms with Crippen LogP contribution in [0.5, 0.6) is 0 Å². The van der Waals surface area contributed by atoms with Crippen molar-refractivity contribution in [2.24, 2.45) is 0 Å². The van der Waals surface area contributed by atoms with Gasteiger partial charge in [-0.3, -0.25) is 9.35 Å². The van der Waals surface area contributed by atoms with Gasteiger partial charge in [0.25, 0.3) is 10.1 Å². The molecule has 7 heteroatoms. The van der Waals surface area contributed by atoms with Gasteiger partial charge < -0.3 is 10.4 Å². The van der Waals surface area contributed by atoms with Crippen molar-refractivity contribution in [1.82, 2.24) is 5.32 Å². The summed E-state index contributed by atoms with van der Waals surface area (Å²) in [5.41, 5.74) is 0.956. The third-order valence-corrected chi connectivity index (χ3v) is 2.51. The Bertz CT molecular complexity index is 452. The number of rotatable bonds is 3. The molecule has 17 heavy (non-hydrogen) atoms. The summed E-state index contributed by atoms with van der Waals surface area (Å²) in [5.74, 6) is -0.822. The van der Waals surface area contributed by atoms with Crippen LogP contribution < -0.4 is 5.32 Å². The molecule has 0 unspecified atom stereocenters. The van der Waals surface area contributed by atoms with Crippen LogP contribution in [-0.2, 0) is 14.9 Å². The predicted molar refractivity (Wildman–Crippen MR) is 62.6 cm³/mol. The van der Waals surface area contributed by atoms with Crippen molar-refractivity contribution in [3.8, 4) is 0 Å². The molecule has 1 aromatic carbocycles. The van der Waals surface area contributed by atoms with Crippen LogP contribution in [0.2, 0.25) is 0 Å². The van der Waals surface area contributed by atoms with Gasteiger partial charge in [0, 0.05) is 0 Å². The van der Waals surface area contributed by atoms with Gasteiger partial charge in [-0.1, -0.05) is 17.7 Å². The van der Waals surface area contributed by atoms with E-state index in [2.05, 4.69) is 5.32 Å². The summed E-state index contributed by atoms with van der Waals surface area (Å²) in [7, 11) is -2.43. The zero-order valence-corrected chi connectivity index (χ0v) is 10.4. The number of hydrogen-bond acceptors (Lipinski definition) is 4. The lowest BCUT2D eigenvalue weighted by molar-refractivity contribution is -0.135. The summed E-state index contributed by atoms with van der Waals surface area (Å²) >= 11 is 0. The van der Waals surface area contributed by atoms with Crippen LogP contribution in [0.15, 0.2) is 29.2 Å². The van der Waals surface area contributed by atoms with Crippen molar-refractivity contribution in [2.75, 3.05) is 13.6 Å². The Morgan fingerprint density at radius 3 is 2.00 bits per heavy atom. The topological polar surface area (TPSA) is 104 Å². The maximum Gasteiger partial charge on any atom is 0.317 e. The van der Waals surface area contributed by atoms with Crippen molar-refractivity contribution < 1.29 is 22.9 Å². The minimum Gasteiger partial charge on any atom is -0.480 e. The van der Waals surface area contributed by atoms with Gasteiger partial charge in [-0.05, 0) is 26.1 Å². The highest BCUT2D eigenvalue weighted by Crippen LogP contribution is 2.08. The van der Waals surface area contributed by atoms with Crippen molar-refractivity contribution in [3.05, 3.63) is 29.8 Å². The normalized spacial score (nSPS) is 10.3. The Labute approximate surface area is 100 Å². The Balaban J connectivity index is 0.000000366. The van der Waals surface area contributed by atoms with Crippen LogP contribution in [0, 0.1) is 6.92 Å². The second-order valence-electron chi connectivity index (χ2n) is 3.21. The Morgan fingerprint density at radius 2 is 1.76 bits per heavy atom. The lowest BCUT2D eigenvalue weighted by Gasteiger charge is -1.95. The molecule has 0 fully saturated rings. The summed E-state index contributed by atoms with van der Waals surface area (Å²) in [5, 5.41) is 10.3. The molecule has 0 amide bonds. The van der Waals surface area contributed by atoms with Crippen LogP contribution >= 0.6 is 0 Å². The van der Waals surface area contributed by atoms with E-state index in [0.29, 0.717) is 0 Å². The van der Waals surface area contributed by atoms with Crippen molar-refractivity contribution in [3.63, 3.8) is 0 Å². The van der Waals surface area contributed by atoms with E-state index in [9.17, 15) is 13.2 Å². The molecule has 0 aliphatic heterocycles. The molecule has 6 nitrogen and oxygen atoms in total. The molecule has 0 saturated carbocycles. The number of likely N-dealkylation sites (N-methyl/N-ethyl adjacent to an activating group) is 1. The smallest absolute Gasteiger partial charge is 0.317 e. The molecule has 0 atom stereocenters. The highest BCUT2D eigenvalue weighted by molar-refractivity contribution is 7.85. The van der Waals surface area contributed by atoms with Gasteiger partial charge in [0.15, 0.2) is 0 Å². The minimum absolute atomic E-state index is 0.0417. The maximum atomic E-state index is 10.5. The van der Waals surface area contributed by atoms with E-state index in [4.69, 9.17) is 9.66 Å². The number of benzene rings is 1. The lowest BCUT2D eigenvalue weighted by atomic mass is 10.2. The first-order chi connectivity index (χ1) is 7.77. The van der Waals surface area contributed by atoms with Crippen molar-refractivity contribution in [1.29, 1.82) is 0 Å². The largest absolute Gasteiger partial charge is 0.480 e. The molecular formula is C10H15NO5S. The summed E-state index contributed by atoms with van der Waals surface area (Å²) < 4.78 is 29.6. The quantitative estimate of drug-likeness (QED) is 0.686. The van der Waals surface area contributed by atoms with E-state index in [1.54, 1.807) is 19.2 Å². The Kier molecular flexibility index (Phi) is 6.40.